The van der Waals surface area contributed by atoms with Crippen LogP contribution in [0.15, 0.2) is 42.6 Å². The van der Waals surface area contributed by atoms with Crippen LogP contribution in [-0.2, 0) is 0 Å². The van der Waals surface area contributed by atoms with E-state index in [0.29, 0.717) is 49.3 Å². The van der Waals surface area contributed by atoms with Gasteiger partial charge in [0.2, 0.25) is 0 Å². The number of piperidine rings is 1. The minimum absolute atomic E-state index is 0.108. The molecule has 0 radical (unpaired) electrons. The van der Waals surface area contributed by atoms with E-state index < -0.39 is 0 Å². The van der Waals surface area contributed by atoms with Crippen molar-refractivity contribution in [3.8, 4) is 28.4 Å². The zero-order valence-electron chi connectivity index (χ0n) is 18.4. The zero-order chi connectivity index (χ0) is 22.8. The molecule has 170 valence electrons. The number of nitrogens with two attached hydrogens (primary N) is 1. The molecule has 0 aliphatic carbocycles. The van der Waals surface area contributed by atoms with E-state index >= 15 is 0 Å². The van der Waals surface area contributed by atoms with E-state index in [2.05, 4.69) is 15.2 Å². The molecule has 1 fully saturated rings. The molecule has 33 heavy (non-hydrogen) atoms. The van der Waals surface area contributed by atoms with Crippen molar-refractivity contribution in [1.82, 2.24) is 20.1 Å². The maximum atomic E-state index is 13.1. The van der Waals surface area contributed by atoms with E-state index in [-0.39, 0.29) is 11.8 Å². The van der Waals surface area contributed by atoms with Crippen molar-refractivity contribution in [1.29, 1.82) is 0 Å². The molecule has 1 amide bonds. The van der Waals surface area contributed by atoms with Gasteiger partial charge in [-0.2, -0.15) is 5.10 Å². The van der Waals surface area contributed by atoms with Crippen LogP contribution in [0.25, 0.3) is 11.1 Å². The summed E-state index contributed by atoms with van der Waals surface area (Å²) in [6.07, 6.45) is 3.31. The van der Waals surface area contributed by atoms with Crippen LogP contribution in [0.4, 0.5) is 5.82 Å². The topological polar surface area (TPSA) is 113 Å². The van der Waals surface area contributed by atoms with Crippen molar-refractivity contribution in [3.05, 3.63) is 54.0 Å². The van der Waals surface area contributed by atoms with Gasteiger partial charge >= 0.3 is 0 Å². The molecule has 0 spiro atoms. The van der Waals surface area contributed by atoms with Gasteiger partial charge in [0, 0.05) is 36.8 Å². The van der Waals surface area contributed by atoms with Gasteiger partial charge in [0.25, 0.3) is 5.91 Å². The molecule has 9 nitrogen and oxygen atoms in total. The molecular formula is C24H25N5O4. The molecule has 3 aromatic rings. The molecule has 2 aliphatic heterocycles. The number of aromatic nitrogens is 3. The van der Waals surface area contributed by atoms with E-state index in [1.54, 1.807) is 25.4 Å². The minimum Gasteiger partial charge on any atom is -0.496 e. The number of likely N-dealkylation sites (tertiary alicyclic amines) is 1. The summed E-state index contributed by atoms with van der Waals surface area (Å²) in [5, 5.41) is 8.13. The van der Waals surface area contributed by atoms with Gasteiger partial charge in [0.1, 0.15) is 30.5 Å². The number of benzene rings is 1. The Labute approximate surface area is 191 Å². The summed E-state index contributed by atoms with van der Waals surface area (Å²) in [5.41, 5.74) is 8.57. The van der Waals surface area contributed by atoms with E-state index in [0.717, 1.165) is 35.4 Å². The molecule has 1 aromatic carbocycles. The number of anilines is 1. The van der Waals surface area contributed by atoms with Gasteiger partial charge in [-0.25, -0.2) is 0 Å². The molecular weight excluding hydrogens is 422 g/mol. The van der Waals surface area contributed by atoms with Crippen molar-refractivity contribution >= 4 is 11.7 Å². The van der Waals surface area contributed by atoms with Crippen molar-refractivity contribution < 1.29 is 19.0 Å². The summed E-state index contributed by atoms with van der Waals surface area (Å²) in [7, 11) is 1.59. The highest BCUT2D eigenvalue weighted by Gasteiger charge is 2.27. The summed E-state index contributed by atoms with van der Waals surface area (Å²) in [6.45, 7) is 2.31. The average molecular weight is 447 g/mol. The summed E-state index contributed by atoms with van der Waals surface area (Å²) in [5.74, 6) is 2.56. The van der Waals surface area contributed by atoms with Crippen LogP contribution in [0, 0.1) is 0 Å². The molecule has 9 heteroatoms. The number of nitrogen functional groups attached to an aromatic ring is 1. The number of fused-ring (bicyclic) bond motifs is 1. The van der Waals surface area contributed by atoms with Gasteiger partial charge < -0.3 is 24.8 Å². The third kappa shape index (κ3) is 4.26. The molecule has 5 rings (SSSR count). The smallest absolute Gasteiger partial charge is 0.272 e. The Hall–Kier alpha value is -3.88. The van der Waals surface area contributed by atoms with Crippen molar-refractivity contribution in [2.45, 2.75) is 18.8 Å². The van der Waals surface area contributed by atoms with Crippen LogP contribution in [0.2, 0.25) is 0 Å². The standard InChI is InChI=1S/C24H25N5O4/c1-31-21-13-19(26-14-17(21)16-2-4-20-22(12-16)33-11-10-32-20)24(30)29-8-6-15(7-9-29)18-3-5-23(25)28-27-18/h2-5,12-15H,6-11H2,1H3,(H2,25,28). The number of carbonyl (C=O) groups is 1. The average Bonchev–Trinajstić information content (AvgIpc) is 2.88. The Morgan fingerprint density at radius 2 is 1.85 bits per heavy atom. The Balaban J connectivity index is 1.31. The van der Waals surface area contributed by atoms with Crippen molar-refractivity contribution in [2.75, 3.05) is 39.1 Å². The van der Waals surface area contributed by atoms with Crippen LogP contribution >= 0.6 is 0 Å². The van der Waals surface area contributed by atoms with E-state index in [4.69, 9.17) is 19.9 Å². The molecule has 2 N–H and O–H groups in total. The fourth-order valence-electron chi connectivity index (χ4n) is 4.26. The van der Waals surface area contributed by atoms with Crippen LogP contribution in [-0.4, -0.2) is 59.4 Å². The Morgan fingerprint density at radius 3 is 2.58 bits per heavy atom. The van der Waals surface area contributed by atoms with Crippen LogP contribution in [0.1, 0.15) is 34.9 Å². The lowest BCUT2D eigenvalue weighted by molar-refractivity contribution is 0.0705. The molecule has 2 aromatic heterocycles. The summed E-state index contributed by atoms with van der Waals surface area (Å²) in [6, 6.07) is 11.1. The molecule has 0 bridgehead atoms. The summed E-state index contributed by atoms with van der Waals surface area (Å²) >= 11 is 0. The van der Waals surface area contributed by atoms with Gasteiger partial charge in [-0.05, 0) is 42.7 Å². The number of ether oxygens (including phenoxy) is 3. The van der Waals surface area contributed by atoms with Gasteiger partial charge in [-0.3, -0.25) is 9.78 Å². The van der Waals surface area contributed by atoms with E-state index in [9.17, 15) is 4.79 Å². The molecule has 1 saturated heterocycles. The number of hydrogen-bond acceptors (Lipinski definition) is 8. The number of carbonyl (C=O) groups excluding carboxylic acids is 1. The first kappa shape index (κ1) is 21.0. The summed E-state index contributed by atoms with van der Waals surface area (Å²) in [4.78, 5) is 19.4. The number of amides is 1. The number of rotatable bonds is 4. The lowest BCUT2D eigenvalue weighted by atomic mass is 9.93. The third-order valence-corrected chi connectivity index (χ3v) is 6.06. The zero-order valence-corrected chi connectivity index (χ0v) is 18.4. The molecule has 0 saturated carbocycles. The first-order valence-corrected chi connectivity index (χ1v) is 10.9. The molecule has 0 unspecified atom stereocenters. The monoisotopic (exact) mass is 447 g/mol. The van der Waals surface area contributed by atoms with Gasteiger partial charge in [-0.1, -0.05) is 6.07 Å². The number of hydrogen-bond donors (Lipinski definition) is 1. The van der Waals surface area contributed by atoms with E-state index in [1.807, 2.05) is 29.2 Å². The molecule has 0 atom stereocenters. The Morgan fingerprint density at radius 1 is 1.06 bits per heavy atom. The number of nitrogens with zero attached hydrogens (tertiary/aromatic N) is 4. The normalized spacial score (nSPS) is 15.8. The van der Waals surface area contributed by atoms with Crippen molar-refractivity contribution in [3.63, 3.8) is 0 Å². The van der Waals surface area contributed by atoms with Gasteiger partial charge in [0.05, 0.1) is 12.8 Å². The molecule has 2 aliphatic rings. The maximum Gasteiger partial charge on any atom is 0.272 e. The Kier molecular flexibility index (Phi) is 5.68. The first-order valence-electron chi connectivity index (χ1n) is 10.9. The van der Waals surface area contributed by atoms with Crippen molar-refractivity contribution in [2.24, 2.45) is 0 Å². The number of methoxy groups -OCH3 is 1. The minimum atomic E-state index is -0.108. The van der Waals surface area contributed by atoms with Gasteiger partial charge in [0.15, 0.2) is 11.5 Å². The first-order chi connectivity index (χ1) is 16.1. The predicted octanol–water partition coefficient (Wildman–Crippen LogP) is 2.92. The fraction of sp³-hybridized carbons (Fsp3) is 0.333. The SMILES string of the molecule is COc1cc(C(=O)N2CCC(c3ccc(N)nn3)CC2)ncc1-c1ccc2c(c1)OCCO2. The largest absolute Gasteiger partial charge is 0.496 e. The third-order valence-electron chi connectivity index (χ3n) is 6.06. The lowest BCUT2D eigenvalue weighted by Gasteiger charge is -2.31. The van der Waals surface area contributed by atoms with Crippen LogP contribution in [0.3, 0.4) is 0 Å². The number of pyridine rings is 1. The quantitative estimate of drug-likeness (QED) is 0.650. The second-order valence-corrected chi connectivity index (χ2v) is 8.08. The van der Waals surface area contributed by atoms with Gasteiger partial charge in [-0.15, -0.1) is 5.10 Å². The highest BCUT2D eigenvalue weighted by molar-refractivity contribution is 5.93. The summed E-state index contributed by atoms with van der Waals surface area (Å²) < 4.78 is 16.9. The predicted molar refractivity (Wildman–Crippen MR) is 122 cm³/mol. The highest BCUT2D eigenvalue weighted by atomic mass is 16.6. The highest BCUT2D eigenvalue weighted by Crippen LogP contribution is 2.38. The van der Waals surface area contributed by atoms with E-state index in [1.165, 1.54) is 0 Å². The van der Waals surface area contributed by atoms with Crippen LogP contribution in [0.5, 0.6) is 17.2 Å². The maximum absolute atomic E-state index is 13.1. The lowest BCUT2D eigenvalue weighted by Crippen LogP contribution is -2.38. The molecule has 4 heterocycles. The Bertz CT molecular complexity index is 1160. The fourth-order valence-corrected chi connectivity index (χ4v) is 4.26. The van der Waals surface area contributed by atoms with Crippen LogP contribution < -0.4 is 19.9 Å². The second-order valence-electron chi connectivity index (χ2n) is 8.08. The second kappa shape index (κ2) is 8.93.